The zero-order valence-corrected chi connectivity index (χ0v) is 10.8. The summed E-state index contributed by atoms with van der Waals surface area (Å²) in [6, 6.07) is 12.2. The van der Waals surface area contributed by atoms with Gasteiger partial charge in [-0.15, -0.1) is 0 Å². The zero-order chi connectivity index (χ0) is 12.8. The van der Waals surface area contributed by atoms with Crippen LogP contribution in [0.5, 0.6) is 5.75 Å². The molecule has 0 aliphatic rings. The summed E-state index contributed by atoms with van der Waals surface area (Å²) in [5, 5.41) is 3.35. The Morgan fingerprint density at radius 1 is 1.28 bits per heavy atom. The minimum atomic E-state index is 0.274. The van der Waals surface area contributed by atoms with E-state index < -0.39 is 0 Å². The minimum Gasteiger partial charge on any atom is -0.492 e. The third-order valence-electron chi connectivity index (χ3n) is 2.69. The first kappa shape index (κ1) is 12.7. The first-order chi connectivity index (χ1) is 8.74. The van der Waals surface area contributed by atoms with E-state index in [1.807, 2.05) is 30.3 Å². The average Bonchev–Trinajstić information content (AvgIpc) is 2.87. The van der Waals surface area contributed by atoms with Crippen LogP contribution >= 0.6 is 0 Å². The van der Waals surface area contributed by atoms with Crippen molar-refractivity contribution in [3.05, 3.63) is 54.0 Å². The molecule has 3 heteroatoms. The molecular weight excluding hydrogens is 226 g/mol. The predicted octanol–water partition coefficient (Wildman–Crippen LogP) is 3.15. The van der Waals surface area contributed by atoms with E-state index in [4.69, 9.17) is 9.15 Å². The maximum Gasteiger partial charge on any atom is 0.119 e. The van der Waals surface area contributed by atoms with Crippen molar-refractivity contribution in [2.24, 2.45) is 0 Å². The highest BCUT2D eigenvalue weighted by Gasteiger charge is 2.04. The fourth-order valence-electron chi connectivity index (χ4n) is 1.67. The van der Waals surface area contributed by atoms with Crippen LogP contribution < -0.4 is 10.1 Å². The second-order valence-corrected chi connectivity index (χ2v) is 4.49. The van der Waals surface area contributed by atoms with Crippen LogP contribution in [0.1, 0.15) is 18.2 Å². The van der Waals surface area contributed by atoms with Crippen molar-refractivity contribution < 1.29 is 9.15 Å². The Kier molecular flexibility index (Phi) is 4.42. The molecule has 1 unspecified atom stereocenters. The van der Waals surface area contributed by atoms with Gasteiger partial charge >= 0.3 is 0 Å². The van der Waals surface area contributed by atoms with E-state index in [0.29, 0.717) is 6.61 Å². The lowest BCUT2D eigenvalue weighted by atomic mass is 10.2. The highest BCUT2D eigenvalue weighted by molar-refractivity contribution is 5.27. The molecule has 1 aromatic heterocycles. The van der Waals surface area contributed by atoms with Gasteiger partial charge in [0.1, 0.15) is 18.1 Å². The SMILES string of the molecule is Cc1cccc(OCC(C)NCc2ccco2)c1. The Labute approximate surface area is 108 Å². The molecule has 96 valence electrons. The van der Waals surface area contributed by atoms with E-state index >= 15 is 0 Å². The van der Waals surface area contributed by atoms with Gasteiger partial charge in [0.2, 0.25) is 0 Å². The van der Waals surface area contributed by atoms with Crippen LogP contribution in [0.15, 0.2) is 47.1 Å². The third-order valence-corrected chi connectivity index (χ3v) is 2.69. The summed E-state index contributed by atoms with van der Waals surface area (Å²) in [5.41, 5.74) is 1.21. The van der Waals surface area contributed by atoms with E-state index in [2.05, 4.69) is 25.2 Å². The van der Waals surface area contributed by atoms with Crippen LogP contribution in [0.25, 0.3) is 0 Å². The van der Waals surface area contributed by atoms with Gasteiger partial charge < -0.3 is 14.5 Å². The fraction of sp³-hybridized carbons (Fsp3) is 0.333. The minimum absolute atomic E-state index is 0.274. The molecular formula is C15H19NO2. The van der Waals surface area contributed by atoms with Gasteiger partial charge in [-0.2, -0.15) is 0 Å². The number of furan rings is 1. The number of ether oxygens (including phenoxy) is 1. The summed E-state index contributed by atoms with van der Waals surface area (Å²) in [6.45, 7) is 5.53. The third kappa shape index (κ3) is 3.93. The molecule has 1 aromatic carbocycles. The molecule has 3 nitrogen and oxygen atoms in total. The van der Waals surface area contributed by atoms with Gasteiger partial charge in [-0.1, -0.05) is 12.1 Å². The monoisotopic (exact) mass is 245 g/mol. The molecule has 0 saturated carbocycles. The lowest BCUT2D eigenvalue weighted by Crippen LogP contribution is -2.31. The standard InChI is InChI=1S/C15H19NO2/c1-12-5-3-6-14(9-12)18-11-13(2)16-10-15-7-4-8-17-15/h3-9,13,16H,10-11H2,1-2H3. The van der Waals surface area contributed by atoms with Crippen LogP contribution in [-0.4, -0.2) is 12.6 Å². The Bertz CT molecular complexity index is 465. The second kappa shape index (κ2) is 6.26. The number of benzene rings is 1. The summed E-state index contributed by atoms with van der Waals surface area (Å²) in [5.74, 6) is 1.86. The summed E-state index contributed by atoms with van der Waals surface area (Å²) >= 11 is 0. The van der Waals surface area contributed by atoms with E-state index in [0.717, 1.165) is 18.1 Å². The molecule has 2 aromatic rings. The van der Waals surface area contributed by atoms with Crippen molar-refractivity contribution in [2.45, 2.75) is 26.4 Å². The van der Waals surface area contributed by atoms with E-state index in [9.17, 15) is 0 Å². The van der Waals surface area contributed by atoms with E-state index in [1.165, 1.54) is 5.56 Å². The number of nitrogens with one attached hydrogen (secondary N) is 1. The van der Waals surface area contributed by atoms with Crippen molar-refractivity contribution in [3.63, 3.8) is 0 Å². The normalized spacial score (nSPS) is 12.3. The Hall–Kier alpha value is -1.74. The molecule has 0 bridgehead atoms. The maximum absolute atomic E-state index is 5.73. The molecule has 1 atom stereocenters. The Morgan fingerprint density at radius 3 is 2.89 bits per heavy atom. The number of aryl methyl sites for hydroxylation is 1. The van der Waals surface area contributed by atoms with Gasteiger partial charge in [-0.3, -0.25) is 0 Å². The Balaban J connectivity index is 1.73. The lowest BCUT2D eigenvalue weighted by Gasteiger charge is -2.14. The van der Waals surface area contributed by atoms with Gasteiger partial charge in [-0.25, -0.2) is 0 Å². The molecule has 18 heavy (non-hydrogen) atoms. The summed E-state index contributed by atoms with van der Waals surface area (Å²) in [4.78, 5) is 0. The van der Waals surface area contributed by atoms with Gasteiger partial charge in [0.25, 0.3) is 0 Å². The second-order valence-electron chi connectivity index (χ2n) is 4.49. The van der Waals surface area contributed by atoms with E-state index in [1.54, 1.807) is 6.26 Å². The molecule has 2 rings (SSSR count). The molecule has 0 amide bonds. The van der Waals surface area contributed by atoms with Gasteiger partial charge in [0, 0.05) is 6.04 Å². The van der Waals surface area contributed by atoms with Crippen LogP contribution in [0.4, 0.5) is 0 Å². The van der Waals surface area contributed by atoms with Crippen molar-refractivity contribution >= 4 is 0 Å². The highest BCUT2D eigenvalue weighted by Crippen LogP contribution is 2.12. The van der Waals surface area contributed by atoms with Gasteiger partial charge in [0.05, 0.1) is 12.8 Å². The molecule has 0 aliphatic carbocycles. The molecule has 1 N–H and O–H groups in total. The van der Waals surface area contributed by atoms with Crippen molar-refractivity contribution in [1.82, 2.24) is 5.32 Å². The quantitative estimate of drug-likeness (QED) is 0.849. The van der Waals surface area contributed by atoms with Crippen molar-refractivity contribution in [1.29, 1.82) is 0 Å². The summed E-state index contributed by atoms with van der Waals surface area (Å²) < 4.78 is 11.0. The van der Waals surface area contributed by atoms with Gasteiger partial charge in [0.15, 0.2) is 0 Å². The van der Waals surface area contributed by atoms with Gasteiger partial charge in [-0.05, 0) is 43.7 Å². The molecule has 0 radical (unpaired) electrons. The topological polar surface area (TPSA) is 34.4 Å². The van der Waals surface area contributed by atoms with Crippen LogP contribution in [0, 0.1) is 6.92 Å². The molecule has 0 saturated heterocycles. The first-order valence-electron chi connectivity index (χ1n) is 6.19. The smallest absolute Gasteiger partial charge is 0.119 e. The average molecular weight is 245 g/mol. The highest BCUT2D eigenvalue weighted by atomic mass is 16.5. The number of hydrogen-bond donors (Lipinski definition) is 1. The number of rotatable bonds is 6. The predicted molar refractivity (Wildman–Crippen MR) is 71.7 cm³/mol. The summed E-state index contributed by atoms with van der Waals surface area (Å²) in [6.07, 6.45) is 1.69. The van der Waals surface area contributed by atoms with Crippen LogP contribution in [0.3, 0.4) is 0 Å². The van der Waals surface area contributed by atoms with Crippen LogP contribution in [0.2, 0.25) is 0 Å². The van der Waals surface area contributed by atoms with Crippen molar-refractivity contribution in [3.8, 4) is 5.75 Å². The summed E-state index contributed by atoms with van der Waals surface area (Å²) in [7, 11) is 0. The molecule has 0 spiro atoms. The molecule has 0 aliphatic heterocycles. The molecule has 1 heterocycles. The first-order valence-corrected chi connectivity index (χ1v) is 6.19. The lowest BCUT2D eigenvalue weighted by molar-refractivity contribution is 0.269. The number of hydrogen-bond acceptors (Lipinski definition) is 3. The maximum atomic E-state index is 5.73. The van der Waals surface area contributed by atoms with Crippen molar-refractivity contribution in [2.75, 3.05) is 6.61 Å². The van der Waals surface area contributed by atoms with E-state index in [-0.39, 0.29) is 6.04 Å². The molecule has 0 fully saturated rings. The largest absolute Gasteiger partial charge is 0.492 e. The fourth-order valence-corrected chi connectivity index (χ4v) is 1.67. The Morgan fingerprint density at radius 2 is 2.17 bits per heavy atom. The zero-order valence-electron chi connectivity index (χ0n) is 10.8. The van der Waals surface area contributed by atoms with Crippen LogP contribution in [-0.2, 0) is 6.54 Å².